The molecule has 1 heterocycles. The number of benzene rings is 2. The minimum atomic E-state index is -4.01. The number of rotatable bonds is 5. The van der Waals surface area contributed by atoms with Crippen molar-refractivity contribution in [1.82, 2.24) is 0 Å². The molecule has 3 N–H and O–H groups in total. The van der Waals surface area contributed by atoms with Crippen molar-refractivity contribution in [3.63, 3.8) is 0 Å². The van der Waals surface area contributed by atoms with Crippen molar-refractivity contribution in [3.05, 3.63) is 48.0 Å². The first-order valence-corrected chi connectivity index (χ1v) is 10.8. The Balaban J connectivity index is 2.15. The second kappa shape index (κ2) is 6.59. The van der Waals surface area contributed by atoms with Gasteiger partial charge in [0.15, 0.2) is 12.5 Å². The Bertz CT molecular complexity index is 1120. The van der Waals surface area contributed by atoms with Gasteiger partial charge in [-0.2, -0.15) is 5.11 Å². The molecule has 0 amide bonds. The van der Waals surface area contributed by atoms with E-state index in [1.165, 1.54) is 6.07 Å². The smallest absolute Gasteiger partial charge is 0.238 e. The zero-order valence-electron chi connectivity index (χ0n) is 13.6. The van der Waals surface area contributed by atoms with Gasteiger partial charge in [0.25, 0.3) is 0 Å². The third-order valence-corrected chi connectivity index (χ3v) is 5.06. The zero-order valence-corrected chi connectivity index (χ0v) is 15.3. The van der Waals surface area contributed by atoms with E-state index in [0.717, 1.165) is 6.26 Å². The summed E-state index contributed by atoms with van der Waals surface area (Å²) in [5.41, 5.74) is 1.84. The number of aliphatic imine (C=N–C) groups is 1. The third-order valence-electron chi connectivity index (χ3n) is 3.50. The molecule has 1 aliphatic rings. The number of primary sulfonamides is 1. The predicted octanol–water partition coefficient (Wildman–Crippen LogP) is 1.54. The number of anilines is 1. The Labute approximate surface area is 150 Å². The number of hydrogen-bond acceptors (Lipinski definition) is 7. The third kappa shape index (κ3) is 3.95. The number of nitrogens with one attached hydrogen (secondary N) is 1. The van der Waals surface area contributed by atoms with Crippen LogP contribution in [0.1, 0.15) is 5.56 Å². The molecule has 11 heteroatoms. The molecule has 0 fully saturated rings. The van der Waals surface area contributed by atoms with E-state index < -0.39 is 20.0 Å². The molecule has 0 aromatic heterocycles. The lowest BCUT2D eigenvalue weighted by molar-refractivity contribution is 0.597. The Morgan fingerprint density at radius 1 is 1.04 bits per heavy atom. The summed E-state index contributed by atoms with van der Waals surface area (Å²) in [6.45, 7) is 0.116. The van der Waals surface area contributed by atoms with Crippen molar-refractivity contribution in [2.75, 3.05) is 17.6 Å². The first-order chi connectivity index (χ1) is 12.1. The normalized spacial score (nSPS) is 14.3. The summed E-state index contributed by atoms with van der Waals surface area (Å²) in [7, 11) is -7.40. The minimum Gasteiger partial charge on any atom is -0.284 e. The molecule has 0 saturated carbocycles. The molecule has 0 radical (unpaired) electrons. The maximum atomic E-state index is 12.0. The maximum absolute atomic E-state index is 12.0. The van der Waals surface area contributed by atoms with E-state index in [0.29, 0.717) is 16.8 Å². The molecule has 26 heavy (non-hydrogen) atoms. The number of nitrogens with two attached hydrogens (primary N) is 1. The van der Waals surface area contributed by atoms with E-state index in [4.69, 9.17) is 5.14 Å². The van der Waals surface area contributed by atoms with Gasteiger partial charge in [0, 0.05) is 11.3 Å². The van der Waals surface area contributed by atoms with Crippen LogP contribution in [0.15, 0.2) is 62.6 Å². The van der Waals surface area contributed by atoms with Crippen molar-refractivity contribution in [2.24, 2.45) is 20.4 Å². The molecule has 3 rings (SSSR count). The molecule has 0 aliphatic carbocycles. The van der Waals surface area contributed by atoms with Gasteiger partial charge in [-0.1, -0.05) is 24.3 Å². The number of nitrogens with zero attached hydrogens (tertiary/aromatic N) is 3. The van der Waals surface area contributed by atoms with Crippen LogP contribution in [0.5, 0.6) is 0 Å². The summed E-state index contributed by atoms with van der Waals surface area (Å²) in [5.74, 6) is 0.183. The number of sulfonamides is 2. The number of azo groups is 1. The van der Waals surface area contributed by atoms with Crippen molar-refractivity contribution >= 4 is 31.6 Å². The molecule has 136 valence electrons. The van der Waals surface area contributed by atoms with Crippen LogP contribution in [-0.2, 0) is 20.0 Å². The highest BCUT2D eigenvalue weighted by Crippen LogP contribution is 2.31. The van der Waals surface area contributed by atoms with Crippen LogP contribution in [0, 0.1) is 0 Å². The first-order valence-electron chi connectivity index (χ1n) is 7.31. The monoisotopic (exact) mass is 393 g/mol. The highest BCUT2D eigenvalue weighted by molar-refractivity contribution is 7.92. The summed E-state index contributed by atoms with van der Waals surface area (Å²) < 4.78 is 48.9. The second-order valence-electron chi connectivity index (χ2n) is 5.54. The predicted molar refractivity (Wildman–Crippen MR) is 98.0 cm³/mol. The summed E-state index contributed by atoms with van der Waals surface area (Å²) in [6.07, 6.45) is 1.05. The Morgan fingerprint density at radius 2 is 1.73 bits per heavy atom. The molecule has 0 atom stereocenters. The van der Waals surface area contributed by atoms with Crippen LogP contribution in [0.25, 0.3) is 11.1 Å². The Morgan fingerprint density at radius 3 is 2.27 bits per heavy atom. The Kier molecular flexibility index (Phi) is 4.61. The average Bonchev–Trinajstić information content (AvgIpc) is 3.07. The summed E-state index contributed by atoms with van der Waals surface area (Å²) in [4.78, 5) is 4.00. The zero-order chi connectivity index (χ0) is 18.9. The van der Waals surface area contributed by atoms with Gasteiger partial charge in [0.2, 0.25) is 20.0 Å². The fourth-order valence-electron chi connectivity index (χ4n) is 2.53. The lowest BCUT2D eigenvalue weighted by Crippen LogP contribution is -2.17. The molecule has 0 unspecified atom stereocenters. The summed E-state index contributed by atoms with van der Waals surface area (Å²) >= 11 is 0. The van der Waals surface area contributed by atoms with Crippen LogP contribution in [0.3, 0.4) is 0 Å². The molecular formula is C15H15N5O4S2. The van der Waals surface area contributed by atoms with Gasteiger partial charge in [-0.05, 0) is 29.3 Å². The molecule has 0 bridgehead atoms. The molecular weight excluding hydrogens is 378 g/mol. The molecule has 0 spiro atoms. The highest BCUT2D eigenvalue weighted by atomic mass is 32.2. The molecule has 9 nitrogen and oxygen atoms in total. The average molecular weight is 393 g/mol. The van der Waals surface area contributed by atoms with E-state index in [9.17, 15) is 16.8 Å². The van der Waals surface area contributed by atoms with Gasteiger partial charge >= 0.3 is 0 Å². The van der Waals surface area contributed by atoms with E-state index in [1.807, 2.05) is 0 Å². The Hall–Kier alpha value is -2.63. The SMILES string of the molecule is CS(=O)(=O)Nc1ccc(-c2cccc(S(N)(=O)=O)c2C2=NCN=N2)cc1. The molecule has 2 aromatic carbocycles. The number of amidine groups is 1. The van der Waals surface area contributed by atoms with E-state index in [1.54, 1.807) is 36.4 Å². The van der Waals surface area contributed by atoms with Crippen LogP contribution in [-0.4, -0.2) is 35.6 Å². The molecule has 2 aromatic rings. The molecule has 0 saturated heterocycles. The van der Waals surface area contributed by atoms with Crippen molar-refractivity contribution in [3.8, 4) is 11.1 Å². The van der Waals surface area contributed by atoms with Crippen molar-refractivity contribution in [2.45, 2.75) is 4.90 Å². The lowest BCUT2D eigenvalue weighted by Gasteiger charge is -2.13. The van der Waals surface area contributed by atoms with Gasteiger partial charge in [0.05, 0.1) is 11.2 Å². The standard InChI is InChI=1S/C15H15N5O4S2/c1-25(21,22)20-11-7-5-10(6-8-11)12-3-2-4-13(26(16,23)24)14(12)15-17-9-18-19-15/h2-8,20H,9H2,1H3,(H2,16,23,24). The fourth-order valence-corrected chi connectivity index (χ4v) is 3.85. The van der Waals surface area contributed by atoms with Crippen LogP contribution < -0.4 is 9.86 Å². The van der Waals surface area contributed by atoms with Gasteiger partial charge in [-0.15, -0.1) is 5.11 Å². The summed E-state index contributed by atoms with van der Waals surface area (Å²) in [5, 5.41) is 13.0. The van der Waals surface area contributed by atoms with Gasteiger partial charge in [-0.3, -0.25) is 4.72 Å². The van der Waals surface area contributed by atoms with Crippen LogP contribution in [0.4, 0.5) is 5.69 Å². The number of hydrogen-bond donors (Lipinski definition) is 2. The summed E-state index contributed by atoms with van der Waals surface area (Å²) in [6, 6.07) is 11.1. The van der Waals surface area contributed by atoms with Gasteiger partial charge < -0.3 is 0 Å². The van der Waals surface area contributed by atoms with Crippen LogP contribution in [0.2, 0.25) is 0 Å². The van der Waals surface area contributed by atoms with Crippen LogP contribution >= 0.6 is 0 Å². The largest absolute Gasteiger partial charge is 0.284 e. The highest BCUT2D eigenvalue weighted by Gasteiger charge is 2.23. The van der Waals surface area contributed by atoms with E-state index in [2.05, 4.69) is 19.9 Å². The van der Waals surface area contributed by atoms with Crippen molar-refractivity contribution < 1.29 is 16.8 Å². The van der Waals surface area contributed by atoms with Crippen molar-refractivity contribution in [1.29, 1.82) is 0 Å². The second-order valence-corrected chi connectivity index (χ2v) is 8.82. The van der Waals surface area contributed by atoms with Gasteiger partial charge in [0.1, 0.15) is 0 Å². The van der Waals surface area contributed by atoms with Gasteiger partial charge in [-0.25, -0.2) is 27.0 Å². The quantitative estimate of drug-likeness (QED) is 0.794. The maximum Gasteiger partial charge on any atom is 0.238 e. The minimum absolute atomic E-state index is 0.104. The first kappa shape index (κ1) is 18.2. The fraction of sp³-hybridized carbons (Fsp3) is 0.133. The van der Waals surface area contributed by atoms with E-state index >= 15 is 0 Å². The van der Waals surface area contributed by atoms with E-state index in [-0.39, 0.29) is 23.0 Å². The topological polar surface area (TPSA) is 143 Å². The lowest BCUT2D eigenvalue weighted by atomic mass is 9.98. The molecule has 1 aliphatic heterocycles.